The van der Waals surface area contributed by atoms with Crippen LogP contribution in [-0.4, -0.2) is 38.4 Å². The van der Waals surface area contributed by atoms with Gasteiger partial charge in [-0.2, -0.15) is 0 Å². The zero-order chi connectivity index (χ0) is 18.7. The maximum Gasteiger partial charge on any atom is 0.256 e. The van der Waals surface area contributed by atoms with Crippen molar-refractivity contribution in [2.24, 2.45) is 0 Å². The topological polar surface area (TPSA) is 56.8 Å². The van der Waals surface area contributed by atoms with Crippen molar-refractivity contribution in [3.05, 3.63) is 23.2 Å². The van der Waals surface area contributed by atoms with E-state index in [1.807, 2.05) is 13.8 Å². The van der Waals surface area contributed by atoms with Crippen molar-refractivity contribution >= 4 is 23.2 Å². The van der Waals surface area contributed by atoms with Crippen molar-refractivity contribution in [3.63, 3.8) is 0 Å². The summed E-state index contributed by atoms with van der Waals surface area (Å²) in [7, 11) is 1.61. The predicted molar refractivity (Wildman–Crippen MR) is 102 cm³/mol. The van der Waals surface area contributed by atoms with E-state index in [9.17, 15) is 4.79 Å². The number of carbonyl (C=O) groups is 1. The van der Waals surface area contributed by atoms with Gasteiger partial charge >= 0.3 is 0 Å². The molecule has 0 heterocycles. The van der Waals surface area contributed by atoms with Crippen LogP contribution in [0.3, 0.4) is 0 Å². The van der Waals surface area contributed by atoms with E-state index < -0.39 is 5.60 Å². The molecule has 0 fully saturated rings. The van der Waals surface area contributed by atoms with Gasteiger partial charge in [0.05, 0.1) is 11.6 Å². The van der Waals surface area contributed by atoms with Crippen molar-refractivity contribution in [1.29, 1.82) is 0 Å². The van der Waals surface area contributed by atoms with Gasteiger partial charge in [0, 0.05) is 19.4 Å². The summed E-state index contributed by atoms with van der Waals surface area (Å²) >= 11 is 6.22. The molecule has 0 saturated carbocycles. The Morgan fingerprint density at radius 1 is 1.20 bits per heavy atom. The Labute approximate surface area is 156 Å². The summed E-state index contributed by atoms with van der Waals surface area (Å²) in [6.45, 7) is 7.43. The van der Waals surface area contributed by atoms with Crippen LogP contribution in [0.1, 0.15) is 46.5 Å². The van der Waals surface area contributed by atoms with E-state index in [-0.39, 0.29) is 5.91 Å². The number of hydrogen-bond acceptors (Lipinski definition) is 4. The van der Waals surface area contributed by atoms with Crippen molar-refractivity contribution < 1.29 is 19.0 Å². The molecule has 0 aromatic heterocycles. The molecule has 142 valence electrons. The Morgan fingerprint density at radius 3 is 2.56 bits per heavy atom. The molecular formula is C19H30ClNO4. The number of halogens is 1. The van der Waals surface area contributed by atoms with Crippen LogP contribution in [0, 0.1) is 0 Å². The van der Waals surface area contributed by atoms with Crippen LogP contribution < -0.4 is 10.1 Å². The lowest BCUT2D eigenvalue weighted by atomic mass is 9.97. The first-order valence-electron chi connectivity index (χ1n) is 8.83. The number of rotatable bonds is 12. The van der Waals surface area contributed by atoms with E-state index in [1.165, 1.54) is 0 Å². The summed E-state index contributed by atoms with van der Waals surface area (Å²) in [6.07, 6.45) is 3.49. The van der Waals surface area contributed by atoms with Crippen LogP contribution in [0.2, 0.25) is 5.02 Å². The van der Waals surface area contributed by atoms with Crippen molar-refractivity contribution in [2.45, 2.75) is 52.1 Å². The lowest BCUT2D eigenvalue weighted by Gasteiger charge is -2.28. The number of hydrogen-bond donors (Lipinski definition) is 1. The fourth-order valence-electron chi connectivity index (χ4n) is 2.29. The van der Waals surface area contributed by atoms with E-state index in [1.54, 1.807) is 25.3 Å². The lowest BCUT2D eigenvalue weighted by Crippen LogP contribution is -2.43. The Bertz CT molecular complexity index is 528. The number of ether oxygens (including phenoxy) is 3. The van der Waals surface area contributed by atoms with Crippen LogP contribution in [0.5, 0.6) is 5.75 Å². The predicted octanol–water partition coefficient (Wildman–Crippen LogP) is 4.68. The summed E-state index contributed by atoms with van der Waals surface area (Å²) in [6, 6.07) is 5.19. The van der Waals surface area contributed by atoms with Crippen molar-refractivity contribution in [1.82, 2.24) is 0 Å². The summed E-state index contributed by atoms with van der Waals surface area (Å²) < 4.78 is 16.3. The van der Waals surface area contributed by atoms with Crippen LogP contribution in [0.25, 0.3) is 0 Å². The van der Waals surface area contributed by atoms with Gasteiger partial charge in [-0.25, -0.2) is 0 Å². The minimum absolute atomic E-state index is 0.154. The Hall–Kier alpha value is -1.30. The molecule has 0 saturated heterocycles. The normalized spacial score (nSPS) is 13.3. The molecule has 0 aliphatic rings. The maximum absolute atomic E-state index is 12.7. The molecular weight excluding hydrogens is 342 g/mol. The molecule has 0 aliphatic carbocycles. The van der Waals surface area contributed by atoms with E-state index in [0.717, 1.165) is 19.3 Å². The third kappa shape index (κ3) is 7.22. The first kappa shape index (κ1) is 21.7. The zero-order valence-corrected chi connectivity index (χ0v) is 16.4. The quantitative estimate of drug-likeness (QED) is 0.542. The van der Waals surface area contributed by atoms with E-state index in [2.05, 4.69) is 12.2 Å². The van der Waals surface area contributed by atoms with Gasteiger partial charge < -0.3 is 19.5 Å². The van der Waals surface area contributed by atoms with Crippen LogP contribution in [0.4, 0.5) is 5.69 Å². The molecule has 1 aromatic carbocycles. The summed E-state index contributed by atoms with van der Waals surface area (Å²) in [5.41, 5.74) is -0.219. The summed E-state index contributed by atoms with van der Waals surface area (Å²) in [5, 5.41) is 3.35. The highest BCUT2D eigenvalue weighted by molar-refractivity contribution is 6.32. The standard InChI is InChI=1S/C19H30ClNO4/c1-5-7-10-19(3,25-11-6-2)18(22)21-15-8-9-17(16(20)14-15)24-13-12-23-4/h8-9,14H,5-7,10-13H2,1-4H3,(H,21,22). The molecule has 1 rings (SSSR count). The average molecular weight is 372 g/mol. The van der Waals surface area contributed by atoms with Gasteiger partial charge in [0.2, 0.25) is 0 Å². The van der Waals surface area contributed by atoms with E-state index in [4.69, 9.17) is 25.8 Å². The summed E-state index contributed by atoms with van der Waals surface area (Å²) in [5.74, 6) is 0.409. The molecule has 25 heavy (non-hydrogen) atoms. The van der Waals surface area contributed by atoms with Gasteiger partial charge in [0.15, 0.2) is 0 Å². The highest BCUT2D eigenvalue weighted by Crippen LogP contribution is 2.29. The number of amides is 1. The smallest absolute Gasteiger partial charge is 0.256 e. The zero-order valence-electron chi connectivity index (χ0n) is 15.7. The summed E-state index contributed by atoms with van der Waals surface area (Å²) in [4.78, 5) is 12.7. The number of methoxy groups -OCH3 is 1. The molecule has 1 aromatic rings. The fourth-order valence-corrected chi connectivity index (χ4v) is 2.52. The minimum atomic E-state index is -0.841. The average Bonchev–Trinajstić information content (AvgIpc) is 2.60. The van der Waals surface area contributed by atoms with Gasteiger partial charge in [-0.15, -0.1) is 0 Å². The third-order valence-corrected chi connectivity index (χ3v) is 4.14. The van der Waals surface area contributed by atoms with Crippen LogP contribution in [-0.2, 0) is 14.3 Å². The lowest BCUT2D eigenvalue weighted by molar-refractivity contribution is -0.140. The second-order valence-corrected chi connectivity index (χ2v) is 6.53. The molecule has 1 atom stereocenters. The molecule has 1 unspecified atom stereocenters. The van der Waals surface area contributed by atoms with Gasteiger partial charge in [0.1, 0.15) is 18.0 Å². The molecule has 0 radical (unpaired) electrons. The second-order valence-electron chi connectivity index (χ2n) is 6.12. The molecule has 1 N–H and O–H groups in total. The van der Waals surface area contributed by atoms with Gasteiger partial charge in [-0.05, 0) is 38.0 Å². The molecule has 5 nitrogen and oxygen atoms in total. The highest BCUT2D eigenvalue weighted by Gasteiger charge is 2.33. The molecule has 6 heteroatoms. The maximum atomic E-state index is 12.7. The van der Waals surface area contributed by atoms with Crippen molar-refractivity contribution in [2.75, 3.05) is 32.2 Å². The van der Waals surface area contributed by atoms with E-state index >= 15 is 0 Å². The SMILES string of the molecule is CCCCC(C)(OCCC)C(=O)Nc1ccc(OCCOC)c(Cl)c1. The van der Waals surface area contributed by atoms with E-state index in [0.29, 0.717) is 42.7 Å². The van der Waals surface area contributed by atoms with Gasteiger partial charge in [-0.1, -0.05) is 38.3 Å². The largest absolute Gasteiger partial charge is 0.490 e. The number of carbonyl (C=O) groups excluding carboxylic acids is 1. The second kappa shape index (κ2) is 11.3. The number of anilines is 1. The molecule has 0 spiro atoms. The molecule has 0 bridgehead atoms. The minimum Gasteiger partial charge on any atom is -0.490 e. The third-order valence-electron chi connectivity index (χ3n) is 3.85. The van der Waals surface area contributed by atoms with Gasteiger partial charge in [0.25, 0.3) is 5.91 Å². The number of benzene rings is 1. The van der Waals surface area contributed by atoms with Crippen molar-refractivity contribution in [3.8, 4) is 5.75 Å². The van der Waals surface area contributed by atoms with Crippen LogP contribution >= 0.6 is 11.6 Å². The Morgan fingerprint density at radius 2 is 1.96 bits per heavy atom. The first-order chi connectivity index (χ1) is 12.0. The monoisotopic (exact) mass is 371 g/mol. The van der Waals surface area contributed by atoms with Crippen LogP contribution in [0.15, 0.2) is 18.2 Å². The molecule has 1 amide bonds. The number of unbranched alkanes of at least 4 members (excludes halogenated alkanes) is 1. The number of nitrogens with one attached hydrogen (secondary N) is 1. The first-order valence-corrected chi connectivity index (χ1v) is 9.21. The fraction of sp³-hybridized carbons (Fsp3) is 0.632. The molecule has 0 aliphatic heterocycles. The highest BCUT2D eigenvalue weighted by atomic mass is 35.5. The Kier molecular flexibility index (Phi) is 9.86. The Balaban J connectivity index is 2.76. The van der Waals surface area contributed by atoms with Gasteiger partial charge in [-0.3, -0.25) is 4.79 Å².